The van der Waals surface area contributed by atoms with Gasteiger partial charge in [-0.2, -0.15) is 0 Å². The molecule has 348 valence electrons. The summed E-state index contributed by atoms with van der Waals surface area (Å²) in [6.45, 7) is 15.2. The van der Waals surface area contributed by atoms with Gasteiger partial charge >= 0.3 is 0 Å². The molecule has 0 amide bonds. The number of rotatable bonds is 5. The Morgan fingerprint density at radius 2 is 0.740 bits per heavy atom. The van der Waals surface area contributed by atoms with Crippen molar-refractivity contribution in [2.24, 2.45) is 0 Å². The number of nitrogens with zero attached hydrogens (tertiary/aromatic N) is 3. The first-order valence-corrected chi connectivity index (χ1v) is 25.7. The minimum Gasteiger partial charge on any atom is -0.458 e. The van der Waals surface area contributed by atoms with Gasteiger partial charge in [-0.1, -0.05) is 154 Å². The van der Waals surface area contributed by atoms with Gasteiger partial charge in [0.1, 0.15) is 11.5 Å². The van der Waals surface area contributed by atoms with Crippen LogP contribution in [0.3, 0.4) is 0 Å². The van der Waals surface area contributed by atoms with Gasteiger partial charge in [-0.15, -0.1) is 0 Å². The molecule has 0 saturated carbocycles. The van der Waals surface area contributed by atoms with E-state index in [1.807, 2.05) is 0 Å². The molecule has 73 heavy (non-hydrogen) atoms. The first kappa shape index (κ1) is 43.3. The van der Waals surface area contributed by atoms with Gasteiger partial charge in [-0.3, -0.25) is 0 Å². The second-order valence-electron chi connectivity index (χ2n) is 21.1. The van der Waals surface area contributed by atoms with Crippen molar-refractivity contribution >= 4 is 97.4 Å². The molecular weight excluding hydrogens is 884 g/mol. The van der Waals surface area contributed by atoms with E-state index in [1.54, 1.807) is 0 Å². The fourth-order valence-electron chi connectivity index (χ4n) is 12.3. The zero-order valence-corrected chi connectivity index (χ0v) is 42.4. The summed E-state index contributed by atoms with van der Waals surface area (Å²) >= 11 is 0. The predicted molar refractivity (Wildman–Crippen MR) is 310 cm³/mol. The number of fused-ring (bicyclic) bond motifs is 8. The largest absolute Gasteiger partial charge is 0.458 e. The predicted octanol–water partition coefficient (Wildman–Crippen LogP) is 13.7. The summed E-state index contributed by atoms with van der Waals surface area (Å²) in [4.78, 5) is 7.53. The highest BCUT2D eigenvalue weighted by molar-refractivity contribution is 7.02. The van der Waals surface area contributed by atoms with Crippen LogP contribution in [-0.2, 0) is 0 Å². The number of benzene rings is 10. The molecule has 4 heterocycles. The number of anilines is 9. The van der Waals surface area contributed by atoms with E-state index < -0.39 is 0 Å². The molecular formula is C67H53B2N3O. The van der Waals surface area contributed by atoms with E-state index >= 15 is 0 Å². The van der Waals surface area contributed by atoms with Gasteiger partial charge in [0.15, 0.2) is 0 Å². The van der Waals surface area contributed by atoms with Crippen molar-refractivity contribution in [2.75, 3.05) is 14.7 Å². The van der Waals surface area contributed by atoms with Crippen LogP contribution in [-0.4, -0.2) is 13.4 Å². The van der Waals surface area contributed by atoms with Crippen LogP contribution >= 0.6 is 0 Å². The summed E-state index contributed by atoms with van der Waals surface area (Å²) in [5.41, 5.74) is 31.3. The molecule has 10 aromatic rings. The minimum absolute atomic E-state index is 0.0792. The van der Waals surface area contributed by atoms with E-state index in [0.29, 0.717) is 0 Å². The molecule has 4 aliphatic rings. The summed E-state index contributed by atoms with van der Waals surface area (Å²) < 4.78 is 7.55. The third-order valence-electron chi connectivity index (χ3n) is 16.0. The number of hydrogen-bond donors (Lipinski definition) is 0. The Morgan fingerprint density at radius 1 is 0.288 bits per heavy atom. The summed E-state index contributed by atoms with van der Waals surface area (Å²) in [6, 6.07) is 73.5. The van der Waals surface area contributed by atoms with Crippen molar-refractivity contribution in [1.29, 1.82) is 0 Å². The standard InChI is InChI=1S/C67H53B2N3O/c1-40-11-22-47(23-12-40)49-34-60-66-61(35-49)72(53-30-19-44(5)20-31-53)59-39-63-56(38-55(59)68(66)54-33-45(6)21-32-57(54)70(60)51-26-15-42(3)16-27-51)69-65-46(7)9-8-10-58(65)71(52-28-17-43(4)18-29-52)62-36-50(37-64(73-63)67(62)69)48-24-13-41(2)14-25-48/h8-39H,1-7H3. The average Bonchev–Trinajstić information content (AvgIpc) is 3.39. The maximum absolute atomic E-state index is 7.55. The van der Waals surface area contributed by atoms with Crippen molar-refractivity contribution in [3.05, 3.63) is 233 Å². The monoisotopic (exact) mass is 937 g/mol. The molecule has 0 N–H and O–H groups in total. The molecule has 0 aliphatic carbocycles. The van der Waals surface area contributed by atoms with Crippen molar-refractivity contribution < 1.29 is 4.74 Å². The lowest BCUT2D eigenvalue weighted by molar-refractivity contribution is 0.488. The molecule has 0 saturated heterocycles. The van der Waals surface area contributed by atoms with E-state index in [4.69, 9.17) is 4.74 Å². The van der Waals surface area contributed by atoms with Gasteiger partial charge in [0, 0.05) is 57.3 Å². The van der Waals surface area contributed by atoms with Crippen LogP contribution in [0.4, 0.5) is 51.2 Å². The molecule has 0 aromatic heterocycles. The maximum Gasteiger partial charge on any atom is 0.256 e. The van der Waals surface area contributed by atoms with E-state index in [2.05, 4.69) is 257 Å². The molecule has 0 radical (unpaired) electrons. The normalized spacial score (nSPS) is 13.4. The molecule has 4 nitrogen and oxygen atoms in total. The second-order valence-corrected chi connectivity index (χ2v) is 21.1. The molecule has 0 spiro atoms. The summed E-state index contributed by atoms with van der Waals surface area (Å²) in [6.07, 6.45) is 0. The lowest BCUT2D eigenvalue weighted by Crippen LogP contribution is -2.64. The molecule has 6 heteroatoms. The Hall–Kier alpha value is -8.47. The van der Waals surface area contributed by atoms with Gasteiger partial charge in [0.25, 0.3) is 13.4 Å². The van der Waals surface area contributed by atoms with Crippen LogP contribution in [0.25, 0.3) is 22.3 Å². The van der Waals surface area contributed by atoms with Crippen LogP contribution in [0.1, 0.15) is 38.9 Å². The summed E-state index contributed by atoms with van der Waals surface area (Å²) in [5, 5.41) is 0. The zero-order chi connectivity index (χ0) is 49.4. The van der Waals surface area contributed by atoms with Crippen molar-refractivity contribution in [3.63, 3.8) is 0 Å². The Kier molecular flexibility index (Phi) is 9.66. The van der Waals surface area contributed by atoms with Crippen LogP contribution in [0.15, 0.2) is 194 Å². The molecule has 4 aliphatic heterocycles. The molecule has 0 fully saturated rings. The van der Waals surface area contributed by atoms with E-state index in [-0.39, 0.29) is 13.4 Å². The number of aryl methyl sites for hydroxylation is 7. The highest BCUT2D eigenvalue weighted by atomic mass is 16.5. The molecule has 0 atom stereocenters. The maximum atomic E-state index is 7.55. The quantitative estimate of drug-likeness (QED) is 0.160. The molecule has 10 aromatic carbocycles. The SMILES string of the molecule is Cc1ccc(-c2cc3c4c(c2)N(c2ccc(C)cc2)c2cccc(C)c2B4c2cc4c(cc2O3)N(c2ccc(C)cc2)c2cc(-c3ccc(C)cc3)cc3c2B4c2cc(C)ccc2N3c2ccc(C)cc2)cc1. The van der Waals surface area contributed by atoms with Gasteiger partial charge in [-0.25, -0.2) is 0 Å². The van der Waals surface area contributed by atoms with Crippen LogP contribution in [0.5, 0.6) is 11.5 Å². The van der Waals surface area contributed by atoms with Gasteiger partial charge in [0.2, 0.25) is 0 Å². The Balaban J connectivity index is 1.08. The topological polar surface area (TPSA) is 19.0 Å². The molecule has 0 bridgehead atoms. The van der Waals surface area contributed by atoms with Crippen molar-refractivity contribution in [2.45, 2.75) is 48.5 Å². The first-order chi connectivity index (χ1) is 35.5. The fraction of sp³-hybridized carbons (Fsp3) is 0.104. The first-order valence-electron chi connectivity index (χ1n) is 25.7. The Bertz CT molecular complexity index is 3900. The summed E-state index contributed by atoms with van der Waals surface area (Å²) in [7, 11) is 0. The van der Waals surface area contributed by atoms with Gasteiger partial charge < -0.3 is 19.4 Å². The number of ether oxygens (including phenoxy) is 1. The average molecular weight is 938 g/mol. The highest BCUT2D eigenvalue weighted by Crippen LogP contribution is 2.49. The fourth-order valence-corrected chi connectivity index (χ4v) is 12.3. The van der Waals surface area contributed by atoms with E-state index in [9.17, 15) is 0 Å². The lowest BCUT2D eigenvalue weighted by atomic mass is 9.30. The van der Waals surface area contributed by atoms with Crippen molar-refractivity contribution in [1.82, 2.24) is 0 Å². The second kappa shape index (κ2) is 16.3. The molecule has 0 unspecified atom stereocenters. The molecule has 14 rings (SSSR count). The Labute approximate surface area is 430 Å². The minimum atomic E-state index is -0.0914. The number of hydrogen-bond acceptors (Lipinski definition) is 4. The third-order valence-corrected chi connectivity index (χ3v) is 16.0. The van der Waals surface area contributed by atoms with Crippen LogP contribution in [0, 0.1) is 48.5 Å². The smallest absolute Gasteiger partial charge is 0.256 e. The van der Waals surface area contributed by atoms with Gasteiger partial charge in [0.05, 0.1) is 0 Å². The van der Waals surface area contributed by atoms with E-state index in [0.717, 1.165) is 51.1 Å². The Morgan fingerprint density at radius 3 is 1.29 bits per heavy atom. The zero-order valence-electron chi connectivity index (χ0n) is 42.4. The van der Waals surface area contributed by atoms with Gasteiger partial charge in [-0.05, 0) is 176 Å². The van der Waals surface area contributed by atoms with E-state index in [1.165, 1.54) is 106 Å². The van der Waals surface area contributed by atoms with Crippen LogP contribution in [0.2, 0.25) is 0 Å². The van der Waals surface area contributed by atoms with Crippen LogP contribution < -0.4 is 52.2 Å². The highest BCUT2D eigenvalue weighted by Gasteiger charge is 2.48. The van der Waals surface area contributed by atoms with Crippen molar-refractivity contribution in [3.8, 4) is 33.8 Å². The lowest BCUT2D eigenvalue weighted by Gasteiger charge is -2.46. The third kappa shape index (κ3) is 6.77. The summed E-state index contributed by atoms with van der Waals surface area (Å²) in [5.74, 6) is 1.78.